The van der Waals surface area contributed by atoms with Gasteiger partial charge < -0.3 is 10.2 Å². The maximum Gasteiger partial charge on any atom is 0.0598 e. The van der Waals surface area contributed by atoms with Gasteiger partial charge in [0.25, 0.3) is 0 Å². The number of rotatable bonds is 11. The quantitative estimate of drug-likeness (QED) is 0.661. The van der Waals surface area contributed by atoms with E-state index in [1.54, 1.807) is 0 Å². The Labute approximate surface area is 131 Å². The lowest BCUT2D eigenvalue weighted by molar-refractivity contribution is 0.551. The van der Waals surface area contributed by atoms with Gasteiger partial charge in [-0.25, -0.2) is 0 Å². The first kappa shape index (κ1) is 18.0. The minimum absolute atomic E-state index is 0.687. The van der Waals surface area contributed by atoms with Crippen molar-refractivity contribution in [2.24, 2.45) is 5.92 Å². The van der Waals surface area contributed by atoms with Gasteiger partial charge in [-0.1, -0.05) is 40.5 Å². The second-order valence-electron chi connectivity index (χ2n) is 6.22. The van der Waals surface area contributed by atoms with E-state index in [1.807, 2.05) is 12.4 Å². The summed E-state index contributed by atoms with van der Waals surface area (Å²) in [7, 11) is 0. The number of aromatic nitrogens is 1. The molecule has 0 aliphatic carbocycles. The first-order valence-corrected chi connectivity index (χ1v) is 8.57. The van der Waals surface area contributed by atoms with E-state index in [0.717, 1.165) is 26.2 Å². The fraction of sp³-hybridized carbons (Fsp3) is 0.722. The molecule has 0 aliphatic rings. The maximum absolute atomic E-state index is 4.36. The van der Waals surface area contributed by atoms with Crippen LogP contribution in [0, 0.1) is 5.92 Å². The molecular weight excluding hydrogens is 258 g/mol. The van der Waals surface area contributed by atoms with Crippen LogP contribution in [-0.4, -0.2) is 24.6 Å². The monoisotopic (exact) mass is 291 g/mol. The third-order valence-electron chi connectivity index (χ3n) is 3.66. The van der Waals surface area contributed by atoms with Crippen molar-refractivity contribution < 1.29 is 0 Å². The van der Waals surface area contributed by atoms with Gasteiger partial charge in [-0.2, -0.15) is 0 Å². The highest BCUT2D eigenvalue weighted by Gasteiger charge is 2.10. The van der Waals surface area contributed by atoms with Gasteiger partial charge in [-0.05, 0) is 36.9 Å². The van der Waals surface area contributed by atoms with Crippen LogP contribution in [0.5, 0.6) is 0 Å². The van der Waals surface area contributed by atoms with E-state index >= 15 is 0 Å². The van der Waals surface area contributed by atoms with Gasteiger partial charge in [-0.3, -0.25) is 4.98 Å². The Bertz CT molecular complexity index is 368. The van der Waals surface area contributed by atoms with Crippen molar-refractivity contribution in [1.82, 2.24) is 10.3 Å². The summed E-state index contributed by atoms with van der Waals surface area (Å²) >= 11 is 0. The van der Waals surface area contributed by atoms with Crippen molar-refractivity contribution in [2.75, 3.05) is 24.5 Å². The Morgan fingerprint density at radius 3 is 2.38 bits per heavy atom. The Morgan fingerprint density at radius 1 is 1.14 bits per heavy atom. The van der Waals surface area contributed by atoms with Gasteiger partial charge in [0.15, 0.2) is 0 Å². The van der Waals surface area contributed by atoms with Crippen molar-refractivity contribution in [3.05, 3.63) is 24.0 Å². The number of hydrogen-bond acceptors (Lipinski definition) is 3. The predicted molar refractivity (Wildman–Crippen MR) is 92.8 cm³/mol. The van der Waals surface area contributed by atoms with Crippen LogP contribution < -0.4 is 10.2 Å². The van der Waals surface area contributed by atoms with Crippen LogP contribution in [0.2, 0.25) is 0 Å². The predicted octanol–water partition coefficient (Wildman–Crippen LogP) is 4.23. The van der Waals surface area contributed by atoms with Crippen molar-refractivity contribution in [3.8, 4) is 0 Å². The van der Waals surface area contributed by atoms with Crippen LogP contribution in [0.3, 0.4) is 0 Å². The van der Waals surface area contributed by atoms with Crippen molar-refractivity contribution in [1.29, 1.82) is 0 Å². The first-order valence-electron chi connectivity index (χ1n) is 8.57. The smallest absolute Gasteiger partial charge is 0.0598 e. The molecule has 0 fully saturated rings. The van der Waals surface area contributed by atoms with Crippen LogP contribution in [0.15, 0.2) is 18.5 Å². The summed E-state index contributed by atoms with van der Waals surface area (Å²) in [4.78, 5) is 6.88. The van der Waals surface area contributed by atoms with E-state index in [2.05, 4.69) is 49.0 Å². The van der Waals surface area contributed by atoms with E-state index in [4.69, 9.17) is 0 Å². The van der Waals surface area contributed by atoms with Crippen molar-refractivity contribution in [2.45, 2.75) is 59.9 Å². The molecule has 1 rings (SSSR count). The second-order valence-corrected chi connectivity index (χ2v) is 6.22. The normalized spacial score (nSPS) is 11.1. The molecule has 120 valence electrons. The third-order valence-corrected chi connectivity index (χ3v) is 3.66. The zero-order chi connectivity index (χ0) is 15.5. The Hall–Kier alpha value is -1.09. The lowest BCUT2D eigenvalue weighted by Gasteiger charge is -2.27. The molecule has 21 heavy (non-hydrogen) atoms. The van der Waals surface area contributed by atoms with Crippen LogP contribution in [-0.2, 0) is 6.54 Å². The molecule has 0 spiro atoms. The van der Waals surface area contributed by atoms with Gasteiger partial charge in [0, 0.05) is 25.8 Å². The maximum atomic E-state index is 4.36. The number of hydrogen-bond donors (Lipinski definition) is 1. The minimum atomic E-state index is 0.687. The van der Waals surface area contributed by atoms with Crippen LogP contribution >= 0.6 is 0 Å². The fourth-order valence-corrected chi connectivity index (χ4v) is 2.40. The van der Waals surface area contributed by atoms with Gasteiger partial charge in [0.2, 0.25) is 0 Å². The zero-order valence-electron chi connectivity index (χ0n) is 14.4. The summed E-state index contributed by atoms with van der Waals surface area (Å²) in [5.74, 6) is 0.687. The molecule has 0 atom stereocenters. The molecule has 3 nitrogen and oxygen atoms in total. The highest BCUT2D eigenvalue weighted by Crippen LogP contribution is 2.20. The van der Waals surface area contributed by atoms with E-state index < -0.39 is 0 Å². The number of unbranched alkanes of at least 4 members (excludes halogenated alkanes) is 2. The lowest BCUT2D eigenvalue weighted by Crippen LogP contribution is -2.28. The highest BCUT2D eigenvalue weighted by molar-refractivity contribution is 5.51. The van der Waals surface area contributed by atoms with E-state index in [9.17, 15) is 0 Å². The standard InChI is InChI=1S/C18H33N3/c1-5-7-11-21(12-8-6-2)18-15-19-10-9-17(18)14-20-13-16(3)4/h9-10,15-16,20H,5-8,11-14H2,1-4H3. The molecule has 1 aromatic heterocycles. The summed E-state index contributed by atoms with van der Waals surface area (Å²) < 4.78 is 0. The van der Waals surface area contributed by atoms with E-state index in [-0.39, 0.29) is 0 Å². The summed E-state index contributed by atoms with van der Waals surface area (Å²) in [5, 5.41) is 3.55. The Kier molecular flexibility index (Phi) is 9.07. The molecule has 0 unspecified atom stereocenters. The van der Waals surface area contributed by atoms with Crippen LogP contribution in [0.25, 0.3) is 0 Å². The van der Waals surface area contributed by atoms with Crippen LogP contribution in [0.1, 0.15) is 58.9 Å². The van der Waals surface area contributed by atoms with Crippen molar-refractivity contribution in [3.63, 3.8) is 0 Å². The molecule has 0 saturated heterocycles. The molecule has 0 aliphatic heterocycles. The third kappa shape index (κ3) is 6.94. The number of nitrogens with one attached hydrogen (secondary N) is 1. The summed E-state index contributed by atoms with van der Waals surface area (Å²) in [6.45, 7) is 13.3. The molecular formula is C18H33N3. The largest absolute Gasteiger partial charge is 0.370 e. The second kappa shape index (κ2) is 10.6. The number of pyridine rings is 1. The average molecular weight is 291 g/mol. The molecule has 1 N–H and O–H groups in total. The molecule has 0 aromatic carbocycles. The van der Waals surface area contributed by atoms with E-state index in [1.165, 1.54) is 36.9 Å². The van der Waals surface area contributed by atoms with Gasteiger partial charge >= 0.3 is 0 Å². The molecule has 0 saturated carbocycles. The van der Waals surface area contributed by atoms with Crippen molar-refractivity contribution >= 4 is 5.69 Å². The number of anilines is 1. The van der Waals surface area contributed by atoms with Gasteiger partial charge in [0.05, 0.1) is 11.9 Å². The Balaban J connectivity index is 2.75. The SMILES string of the molecule is CCCCN(CCCC)c1cnccc1CNCC(C)C. The molecule has 1 heterocycles. The highest BCUT2D eigenvalue weighted by atomic mass is 15.1. The molecule has 1 aromatic rings. The van der Waals surface area contributed by atoms with E-state index in [0.29, 0.717) is 5.92 Å². The summed E-state index contributed by atoms with van der Waals surface area (Å²) in [6.07, 6.45) is 8.92. The lowest BCUT2D eigenvalue weighted by atomic mass is 10.1. The minimum Gasteiger partial charge on any atom is -0.370 e. The Morgan fingerprint density at radius 2 is 1.81 bits per heavy atom. The van der Waals surface area contributed by atoms with Gasteiger partial charge in [-0.15, -0.1) is 0 Å². The van der Waals surface area contributed by atoms with Crippen LogP contribution in [0.4, 0.5) is 5.69 Å². The average Bonchev–Trinajstić information content (AvgIpc) is 2.48. The molecule has 0 bridgehead atoms. The number of nitrogens with zero attached hydrogens (tertiary/aromatic N) is 2. The summed E-state index contributed by atoms with van der Waals surface area (Å²) in [6, 6.07) is 2.16. The molecule has 3 heteroatoms. The topological polar surface area (TPSA) is 28.2 Å². The fourth-order valence-electron chi connectivity index (χ4n) is 2.40. The molecule has 0 amide bonds. The first-order chi connectivity index (χ1) is 10.2. The van der Waals surface area contributed by atoms with Gasteiger partial charge in [0.1, 0.15) is 0 Å². The summed E-state index contributed by atoms with van der Waals surface area (Å²) in [5.41, 5.74) is 2.69. The molecule has 0 radical (unpaired) electrons. The zero-order valence-corrected chi connectivity index (χ0v) is 14.4.